The van der Waals surface area contributed by atoms with E-state index in [1.807, 2.05) is 0 Å². The second-order valence-corrected chi connectivity index (χ2v) is 22.0. The molecule has 1 unspecified atom stereocenters. The number of hydrogen-bond acceptors (Lipinski definition) is 6. The van der Waals surface area contributed by atoms with Crippen LogP contribution in [0.5, 0.6) is 0 Å². The molecule has 0 N–H and O–H groups in total. The molecular formula is C77H124O6. The van der Waals surface area contributed by atoms with Gasteiger partial charge in [-0.2, -0.15) is 0 Å². The molecule has 6 heteroatoms. The molecular weight excluding hydrogens is 1020 g/mol. The van der Waals surface area contributed by atoms with Gasteiger partial charge in [-0.1, -0.05) is 301 Å². The van der Waals surface area contributed by atoms with Crippen molar-refractivity contribution in [3.63, 3.8) is 0 Å². The van der Waals surface area contributed by atoms with E-state index in [4.69, 9.17) is 14.2 Å². The molecule has 0 aliphatic carbocycles. The largest absolute Gasteiger partial charge is 0.462 e. The molecule has 0 amide bonds. The van der Waals surface area contributed by atoms with E-state index >= 15 is 0 Å². The monoisotopic (exact) mass is 1140 g/mol. The maximum absolute atomic E-state index is 12.9. The third-order valence-corrected chi connectivity index (χ3v) is 14.0. The van der Waals surface area contributed by atoms with Crippen LogP contribution >= 0.6 is 0 Å². The van der Waals surface area contributed by atoms with Crippen molar-refractivity contribution in [1.29, 1.82) is 0 Å². The van der Waals surface area contributed by atoms with E-state index < -0.39 is 6.10 Å². The van der Waals surface area contributed by atoms with Crippen molar-refractivity contribution in [3.05, 3.63) is 158 Å². The molecule has 0 fully saturated rings. The van der Waals surface area contributed by atoms with E-state index in [9.17, 15) is 14.4 Å². The minimum atomic E-state index is -0.796. The van der Waals surface area contributed by atoms with E-state index in [-0.39, 0.29) is 31.1 Å². The van der Waals surface area contributed by atoms with Gasteiger partial charge in [-0.25, -0.2) is 0 Å². The minimum absolute atomic E-state index is 0.0909. The lowest BCUT2D eigenvalue weighted by atomic mass is 10.1. The number of allylic oxidation sites excluding steroid dienone is 26. The van der Waals surface area contributed by atoms with Crippen LogP contribution in [0.1, 0.15) is 290 Å². The van der Waals surface area contributed by atoms with Gasteiger partial charge in [0.1, 0.15) is 13.2 Å². The van der Waals surface area contributed by atoms with Crippen molar-refractivity contribution >= 4 is 17.9 Å². The molecule has 0 aromatic carbocycles. The number of carbonyl (C=O) groups excluding carboxylic acids is 3. The molecule has 1 atom stereocenters. The van der Waals surface area contributed by atoms with Gasteiger partial charge >= 0.3 is 17.9 Å². The number of unbranched alkanes of at least 4 members (excludes halogenated alkanes) is 23. The Morgan fingerprint density at radius 2 is 0.470 bits per heavy atom. The van der Waals surface area contributed by atoms with E-state index in [1.165, 1.54) is 89.9 Å². The predicted molar refractivity (Wildman–Crippen MR) is 362 cm³/mol. The second-order valence-electron chi connectivity index (χ2n) is 22.0. The van der Waals surface area contributed by atoms with Crippen LogP contribution in [0.3, 0.4) is 0 Å². The Bertz CT molecular complexity index is 1840. The molecule has 0 saturated heterocycles. The number of rotatable bonds is 60. The molecule has 0 aliphatic heterocycles. The summed E-state index contributed by atoms with van der Waals surface area (Å²) in [5.74, 6) is -0.917. The van der Waals surface area contributed by atoms with Gasteiger partial charge in [0.15, 0.2) is 6.10 Å². The summed E-state index contributed by atoms with van der Waals surface area (Å²) in [7, 11) is 0. The van der Waals surface area contributed by atoms with E-state index in [0.717, 1.165) is 161 Å². The molecule has 0 bridgehead atoms. The van der Waals surface area contributed by atoms with Crippen LogP contribution < -0.4 is 0 Å². The van der Waals surface area contributed by atoms with Crippen LogP contribution in [0.25, 0.3) is 0 Å². The first kappa shape index (κ1) is 78.0. The Labute approximate surface area is 511 Å². The quantitative estimate of drug-likeness (QED) is 0.0261. The highest BCUT2D eigenvalue weighted by atomic mass is 16.6. The molecule has 0 aliphatic rings. The third kappa shape index (κ3) is 67.7. The fourth-order valence-corrected chi connectivity index (χ4v) is 9.01. The van der Waals surface area contributed by atoms with Crippen molar-refractivity contribution in [1.82, 2.24) is 0 Å². The van der Waals surface area contributed by atoms with Crippen LogP contribution in [0.4, 0.5) is 0 Å². The highest BCUT2D eigenvalue weighted by Crippen LogP contribution is 2.15. The molecule has 468 valence electrons. The Kier molecular flexibility index (Phi) is 65.4. The van der Waals surface area contributed by atoms with Crippen molar-refractivity contribution in [3.8, 4) is 0 Å². The smallest absolute Gasteiger partial charge is 0.306 e. The number of hydrogen-bond donors (Lipinski definition) is 0. The number of carbonyl (C=O) groups is 3. The highest BCUT2D eigenvalue weighted by Gasteiger charge is 2.19. The van der Waals surface area contributed by atoms with Gasteiger partial charge in [-0.15, -0.1) is 0 Å². The summed E-state index contributed by atoms with van der Waals surface area (Å²) in [6.45, 7) is 6.38. The van der Waals surface area contributed by atoms with Gasteiger partial charge in [0.25, 0.3) is 0 Å². The summed E-state index contributed by atoms with van der Waals surface area (Å²) in [5.41, 5.74) is 0. The Hall–Kier alpha value is -4.97. The van der Waals surface area contributed by atoms with E-state index in [2.05, 4.69) is 179 Å². The zero-order chi connectivity index (χ0) is 59.9. The molecule has 0 aromatic heterocycles. The summed E-state index contributed by atoms with van der Waals surface area (Å²) >= 11 is 0. The van der Waals surface area contributed by atoms with E-state index in [1.54, 1.807) is 0 Å². The topological polar surface area (TPSA) is 78.9 Å². The van der Waals surface area contributed by atoms with Crippen LogP contribution in [0.15, 0.2) is 158 Å². The van der Waals surface area contributed by atoms with E-state index in [0.29, 0.717) is 19.3 Å². The lowest BCUT2D eigenvalue weighted by molar-refractivity contribution is -0.167. The average Bonchev–Trinajstić information content (AvgIpc) is 3.49. The number of esters is 3. The lowest BCUT2D eigenvalue weighted by Gasteiger charge is -2.18. The zero-order valence-electron chi connectivity index (χ0n) is 53.7. The zero-order valence-corrected chi connectivity index (χ0v) is 53.7. The summed E-state index contributed by atoms with van der Waals surface area (Å²) in [5, 5.41) is 0. The van der Waals surface area contributed by atoms with Gasteiger partial charge < -0.3 is 14.2 Å². The standard InChI is InChI=1S/C77H124O6/c1-4-7-10-13-16-19-21-23-25-27-29-31-33-35-37-38-40-41-43-45-47-49-51-53-55-58-61-64-67-70-76(79)82-73-74(72-81-75(78)69-66-63-60-57-18-15-12-9-6-3)83-77(80)71-68-65-62-59-56-54-52-50-48-46-44-42-39-36-34-32-30-28-26-24-22-20-17-14-11-8-5-2/h7-8,10-11,16-17,19-20,23-26,29-32,35-37,39-41,44,46,50,52,74H,4-6,9,12-15,18,21-22,27-28,33-34,38,42-43,45,47-49,51,53-73H2,1-3H3/b10-7-,11-8-,19-16-,20-17-,25-23-,26-24-,31-29-,32-30-,37-35-,39-36-,41-40-,46-44-,52-50-. The fraction of sp³-hybridized carbons (Fsp3) is 0.623. The van der Waals surface area contributed by atoms with Crippen LogP contribution in [0, 0.1) is 0 Å². The van der Waals surface area contributed by atoms with Gasteiger partial charge in [0.2, 0.25) is 0 Å². The maximum atomic E-state index is 12.9. The lowest BCUT2D eigenvalue weighted by Crippen LogP contribution is -2.30. The van der Waals surface area contributed by atoms with Crippen molar-refractivity contribution < 1.29 is 28.6 Å². The van der Waals surface area contributed by atoms with Gasteiger partial charge in [0, 0.05) is 19.3 Å². The van der Waals surface area contributed by atoms with Crippen LogP contribution in [0.2, 0.25) is 0 Å². The predicted octanol–water partition coefficient (Wildman–Crippen LogP) is 23.7. The van der Waals surface area contributed by atoms with Crippen LogP contribution in [-0.4, -0.2) is 37.2 Å². The van der Waals surface area contributed by atoms with Crippen molar-refractivity contribution in [2.75, 3.05) is 13.2 Å². The van der Waals surface area contributed by atoms with Crippen molar-refractivity contribution in [2.45, 2.75) is 297 Å². The maximum Gasteiger partial charge on any atom is 0.306 e. The molecule has 0 heterocycles. The molecule has 83 heavy (non-hydrogen) atoms. The Balaban J connectivity index is 4.28. The molecule has 0 rings (SSSR count). The van der Waals surface area contributed by atoms with Gasteiger partial charge in [0.05, 0.1) is 0 Å². The summed E-state index contributed by atoms with van der Waals surface area (Å²) in [6, 6.07) is 0. The van der Waals surface area contributed by atoms with Crippen LogP contribution in [-0.2, 0) is 28.6 Å². The molecule has 6 nitrogen and oxygen atoms in total. The summed E-state index contributed by atoms with van der Waals surface area (Å²) in [6.07, 6.45) is 101. The molecule has 0 saturated carbocycles. The van der Waals surface area contributed by atoms with Crippen molar-refractivity contribution in [2.24, 2.45) is 0 Å². The van der Waals surface area contributed by atoms with Gasteiger partial charge in [-0.05, 0) is 128 Å². The highest BCUT2D eigenvalue weighted by molar-refractivity contribution is 5.71. The Morgan fingerprint density at radius 1 is 0.253 bits per heavy atom. The average molecular weight is 1150 g/mol. The first-order valence-corrected chi connectivity index (χ1v) is 34.0. The first-order valence-electron chi connectivity index (χ1n) is 34.0. The Morgan fingerprint density at radius 3 is 0.735 bits per heavy atom. The normalized spacial score (nSPS) is 13.1. The minimum Gasteiger partial charge on any atom is -0.462 e. The third-order valence-electron chi connectivity index (χ3n) is 14.0. The molecule has 0 radical (unpaired) electrons. The SMILES string of the molecule is CC/C=C\C/C=C\C/C=C\C/C=C\C/C=C\C/C=C\C/C=C\CCCCCCCC(=O)OC(COC(=O)CCCCCCCCCCC)COC(=O)CCCCCCCCCCCC/C=C\C/C=C\C/C=C\C/C=C\C/C=C\C/C=C\CC. The molecule has 0 aromatic rings. The fourth-order valence-electron chi connectivity index (χ4n) is 9.01. The first-order chi connectivity index (χ1) is 41.0. The molecule has 0 spiro atoms. The summed E-state index contributed by atoms with van der Waals surface area (Å²) < 4.78 is 16.9. The second kappa shape index (κ2) is 69.5. The number of ether oxygens (including phenoxy) is 3. The van der Waals surface area contributed by atoms with Gasteiger partial charge in [-0.3, -0.25) is 14.4 Å². The summed E-state index contributed by atoms with van der Waals surface area (Å²) in [4.78, 5) is 38.3.